The molecular formula is C22H19N3O4. The second-order valence-corrected chi connectivity index (χ2v) is 6.89. The highest BCUT2D eigenvalue weighted by atomic mass is 16.5. The Hall–Kier alpha value is -3.74. The molecular weight excluding hydrogens is 370 g/mol. The predicted molar refractivity (Wildman–Crippen MR) is 107 cm³/mol. The molecule has 0 amide bonds. The minimum absolute atomic E-state index is 0.00978. The van der Waals surface area contributed by atoms with Crippen LogP contribution in [0.5, 0.6) is 0 Å². The minimum Gasteiger partial charge on any atom is -0.457 e. The molecule has 0 atom stereocenters. The molecule has 0 spiro atoms. The van der Waals surface area contributed by atoms with Gasteiger partial charge in [0, 0.05) is 17.0 Å². The van der Waals surface area contributed by atoms with Crippen molar-refractivity contribution in [3.8, 4) is 0 Å². The summed E-state index contributed by atoms with van der Waals surface area (Å²) in [7, 11) is 0. The average Bonchev–Trinajstić information content (AvgIpc) is 3.21. The van der Waals surface area contributed by atoms with Crippen LogP contribution in [0.15, 0.2) is 64.3 Å². The van der Waals surface area contributed by atoms with Crippen LogP contribution in [0.4, 0.5) is 0 Å². The third-order valence-corrected chi connectivity index (χ3v) is 4.80. The maximum absolute atomic E-state index is 12.4. The van der Waals surface area contributed by atoms with Crippen LogP contribution in [0.2, 0.25) is 0 Å². The molecule has 0 unspecified atom stereocenters. The van der Waals surface area contributed by atoms with E-state index in [2.05, 4.69) is 10.1 Å². The molecule has 2 heterocycles. The smallest absolute Gasteiger partial charge is 0.338 e. The maximum atomic E-state index is 12.4. The lowest BCUT2D eigenvalue weighted by Gasteiger charge is -2.09. The molecule has 0 aliphatic heterocycles. The molecule has 0 radical (unpaired) electrons. The Morgan fingerprint density at radius 3 is 2.59 bits per heavy atom. The van der Waals surface area contributed by atoms with E-state index in [0.29, 0.717) is 23.3 Å². The first kappa shape index (κ1) is 18.6. The molecule has 29 heavy (non-hydrogen) atoms. The van der Waals surface area contributed by atoms with Gasteiger partial charge in [-0.2, -0.15) is 5.10 Å². The van der Waals surface area contributed by atoms with Gasteiger partial charge in [0.25, 0.3) is 0 Å². The van der Waals surface area contributed by atoms with Gasteiger partial charge in [0.2, 0.25) is 0 Å². The average molecular weight is 389 g/mol. The normalized spacial score (nSPS) is 11.0. The van der Waals surface area contributed by atoms with Crippen molar-refractivity contribution in [3.05, 3.63) is 93.4 Å². The van der Waals surface area contributed by atoms with E-state index in [4.69, 9.17) is 9.15 Å². The lowest BCUT2D eigenvalue weighted by Crippen LogP contribution is -2.08. The van der Waals surface area contributed by atoms with Crippen LogP contribution < -0.4 is 5.63 Å². The number of fused-ring (bicyclic) bond motifs is 1. The minimum atomic E-state index is -0.468. The summed E-state index contributed by atoms with van der Waals surface area (Å²) in [6.07, 6.45) is 3.11. The molecule has 0 N–H and O–H groups in total. The monoisotopic (exact) mass is 389 g/mol. The molecule has 4 aromatic rings. The van der Waals surface area contributed by atoms with Gasteiger partial charge in [-0.3, -0.25) is 0 Å². The van der Waals surface area contributed by atoms with Crippen LogP contribution >= 0.6 is 0 Å². The molecule has 2 aromatic heterocycles. The van der Waals surface area contributed by atoms with Gasteiger partial charge in [0.05, 0.1) is 12.1 Å². The largest absolute Gasteiger partial charge is 0.457 e. The highest BCUT2D eigenvalue weighted by Gasteiger charge is 2.12. The molecule has 146 valence electrons. The van der Waals surface area contributed by atoms with Crippen LogP contribution in [0.3, 0.4) is 0 Å². The number of aryl methyl sites for hydroxylation is 2. The lowest BCUT2D eigenvalue weighted by atomic mass is 10.0. The Bertz CT molecular complexity index is 1230. The molecule has 0 saturated heterocycles. The number of carbonyl (C=O) groups is 1. The third-order valence-electron chi connectivity index (χ3n) is 4.80. The van der Waals surface area contributed by atoms with E-state index in [-0.39, 0.29) is 6.61 Å². The summed E-state index contributed by atoms with van der Waals surface area (Å²) in [6, 6.07) is 12.2. The van der Waals surface area contributed by atoms with E-state index in [1.807, 2.05) is 38.1 Å². The number of nitrogens with zero attached hydrogens (tertiary/aromatic N) is 3. The van der Waals surface area contributed by atoms with Gasteiger partial charge in [-0.05, 0) is 54.8 Å². The van der Waals surface area contributed by atoms with E-state index in [9.17, 15) is 9.59 Å². The standard InChI is InChI=1S/C22H19N3O4/c1-14-7-19-18(9-21(26)29-20(19)8-15(14)2)11-28-22(27)17-5-3-16(4-6-17)10-25-13-23-12-24-25/h3-9,12-13H,10-11H2,1-2H3. The summed E-state index contributed by atoms with van der Waals surface area (Å²) in [5.74, 6) is -0.456. The fraction of sp³-hybridized carbons (Fsp3) is 0.182. The summed E-state index contributed by atoms with van der Waals surface area (Å²) >= 11 is 0. The first-order valence-corrected chi connectivity index (χ1v) is 9.12. The Morgan fingerprint density at radius 1 is 1.10 bits per heavy atom. The van der Waals surface area contributed by atoms with Crippen LogP contribution in [-0.2, 0) is 17.9 Å². The summed E-state index contributed by atoms with van der Waals surface area (Å²) in [5, 5.41) is 4.82. The van der Waals surface area contributed by atoms with Gasteiger partial charge in [-0.15, -0.1) is 0 Å². The molecule has 2 aromatic carbocycles. The van der Waals surface area contributed by atoms with E-state index < -0.39 is 11.6 Å². The van der Waals surface area contributed by atoms with Gasteiger partial charge in [0.1, 0.15) is 24.8 Å². The van der Waals surface area contributed by atoms with Gasteiger partial charge in [0.15, 0.2) is 0 Å². The van der Waals surface area contributed by atoms with Crippen molar-refractivity contribution in [2.45, 2.75) is 27.0 Å². The second kappa shape index (κ2) is 7.71. The van der Waals surface area contributed by atoms with Gasteiger partial charge >= 0.3 is 11.6 Å². The van der Waals surface area contributed by atoms with Crippen LogP contribution in [0, 0.1) is 13.8 Å². The van der Waals surface area contributed by atoms with Crippen molar-refractivity contribution >= 4 is 16.9 Å². The topological polar surface area (TPSA) is 87.2 Å². The number of hydrogen-bond acceptors (Lipinski definition) is 6. The zero-order valence-electron chi connectivity index (χ0n) is 16.1. The van der Waals surface area contributed by atoms with Crippen molar-refractivity contribution in [3.63, 3.8) is 0 Å². The van der Waals surface area contributed by atoms with Crippen molar-refractivity contribution in [2.24, 2.45) is 0 Å². The zero-order valence-corrected chi connectivity index (χ0v) is 16.1. The molecule has 4 rings (SSSR count). The Labute approximate surface area is 166 Å². The first-order chi connectivity index (χ1) is 14.0. The summed E-state index contributed by atoms with van der Waals surface area (Å²) in [4.78, 5) is 28.2. The van der Waals surface area contributed by atoms with Crippen molar-refractivity contribution in [2.75, 3.05) is 0 Å². The highest BCUT2D eigenvalue weighted by molar-refractivity contribution is 5.89. The number of rotatable bonds is 5. The number of ether oxygens (including phenoxy) is 1. The number of esters is 1. The fourth-order valence-corrected chi connectivity index (χ4v) is 3.08. The fourth-order valence-electron chi connectivity index (χ4n) is 3.08. The van der Waals surface area contributed by atoms with Crippen LogP contribution in [0.1, 0.15) is 32.6 Å². The third kappa shape index (κ3) is 4.08. The van der Waals surface area contributed by atoms with Gasteiger partial charge < -0.3 is 9.15 Å². The Kier molecular flexibility index (Phi) is 4.95. The summed E-state index contributed by atoms with van der Waals surface area (Å²) in [5.41, 5.74) is 4.17. The summed E-state index contributed by atoms with van der Waals surface area (Å²) < 4.78 is 12.4. The second-order valence-electron chi connectivity index (χ2n) is 6.89. The lowest BCUT2D eigenvalue weighted by molar-refractivity contribution is 0.0474. The quantitative estimate of drug-likeness (QED) is 0.384. The highest BCUT2D eigenvalue weighted by Crippen LogP contribution is 2.22. The Balaban J connectivity index is 1.49. The number of benzene rings is 2. The van der Waals surface area contributed by atoms with Crippen LogP contribution in [-0.4, -0.2) is 20.7 Å². The molecule has 0 fully saturated rings. The SMILES string of the molecule is Cc1cc2oc(=O)cc(COC(=O)c3ccc(Cn4cncn4)cc3)c2cc1C. The van der Waals surface area contributed by atoms with Gasteiger partial charge in [-0.25, -0.2) is 19.3 Å². The van der Waals surface area contributed by atoms with E-state index in [1.54, 1.807) is 23.1 Å². The molecule has 0 aliphatic rings. The molecule has 7 nitrogen and oxygen atoms in total. The van der Waals surface area contributed by atoms with Crippen molar-refractivity contribution in [1.82, 2.24) is 14.8 Å². The Morgan fingerprint density at radius 2 is 1.86 bits per heavy atom. The number of hydrogen-bond donors (Lipinski definition) is 0. The van der Waals surface area contributed by atoms with E-state index in [1.165, 1.54) is 12.4 Å². The van der Waals surface area contributed by atoms with E-state index in [0.717, 1.165) is 22.1 Å². The number of aromatic nitrogens is 3. The van der Waals surface area contributed by atoms with Crippen molar-refractivity contribution < 1.29 is 13.9 Å². The van der Waals surface area contributed by atoms with E-state index >= 15 is 0 Å². The number of carbonyl (C=O) groups excluding carboxylic acids is 1. The predicted octanol–water partition coefficient (Wildman–Crippen LogP) is 3.41. The van der Waals surface area contributed by atoms with Crippen LogP contribution in [0.25, 0.3) is 11.0 Å². The van der Waals surface area contributed by atoms with Crippen molar-refractivity contribution in [1.29, 1.82) is 0 Å². The summed E-state index contributed by atoms with van der Waals surface area (Å²) in [6.45, 7) is 4.49. The molecule has 0 bridgehead atoms. The zero-order chi connectivity index (χ0) is 20.4. The van der Waals surface area contributed by atoms with Gasteiger partial charge in [-0.1, -0.05) is 12.1 Å². The first-order valence-electron chi connectivity index (χ1n) is 9.12. The molecule has 0 saturated carbocycles. The molecule has 0 aliphatic carbocycles. The maximum Gasteiger partial charge on any atom is 0.338 e. The molecule has 7 heteroatoms.